The van der Waals surface area contributed by atoms with E-state index in [2.05, 4.69) is 25.7 Å². The van der Waals surface area contributed by atoms with Gasteiger partial charge in [-0.05, 0) is 48.4 Å². The van der Waals surface area contributed by atoms with Crippen LogP contribution in [0.25, 0.3) is 0 Å². The molecule has 3 rings (SSSR count). The Hall–Kier alpha value is -0.0400. The van der Waals surface area contributed by atoms with Gasteiger partial charge < -0.3 is 4.90 Å². The molecule has 154 valence electrons. The van der Waals surface area contributed by atoms with Crippen molar-refractivity contribution in [2.45, 2.75) is 38.5 Å². The van der Waals surface area contributed by atoms with Crippen molar-refractivity contribution in [2.75, 3.05) is 32.7 Å². The standard InChI is InChI=1S/C19H28Cl2N2O2S.ClH/c1-4-5-6-22-10-14-12-23(13-15(11-22)19(14,2)3)26(24,25)18-8-16(20)7-17(21)9-18;/h7-9,14-15H,4-6,10-13H2,1-3H3;1H. The first-order valence-corrected chi connectivity index (χ1v) is 11.5. The van der Waals surface area contributed by atoms with Gasteiger partial charge in [-0.3, -0.25) is 0 Å². The van der Waals surface area contributed by atoms with Crippen LogP contribution >= 0.6 is 35.6 Å². The molecule has 2 aliphatic heterocycles. The fourth-order valence-corrected chi connectivity index (χ4v) is 6.50. The summed E-state index contributed by atoms with van der Waals surface area (Å²) in [4.78, 5) is 2.71. The summed E-state index contributed by atoms with van der Waals surface area (Å²) in [6.45, 7) is 10.9. The van der Waals surface area contributed by atoms with Gasteiger partial charge in [-0.2, -0.15) is 4.31 Å². The average Bonchev–Trinajstić information content (AvgIpc) is 2.51. The summed E-state index contributed by atoms with van der Waals surface area (Å²) in [7, 11) is -3.59. The topological polar surface area (TPSA) is 40.6 Å². The van der Waals surface area contributed by atoms with Crippen LogP contribution in [0.1, 0.15) is 33.6 Å². The van der Waals surface area contributed by atoms with E-state index in [1.54, 1.807) is 10.4 Å². The number of rotatable bonds is 5. The van der Waals surface area contributed by atoms with Crippen molar-refractivity contribution >= 4 is 45.6 Å². The van der Waals surface area contributed by atoms with Crippen LogP contribution < -0.4 is 0 Å². The Bertz CT molecular complexity index is 732. The molecule has 2 unspecified atom stereocenters. The summed E-state index contributed by atoms with van der Waals surface area (Å²) >= 11 is 12.1. The number of benzene rings is 1. The van der Waals surface area contributed by atoms with E-state index in [1.807, 2.05) is 0 Å². The van der Waals surface area contributed by atoms with Gasteiger partial charge in [-0.25, -0.2) is 8.42 Å². The molecule has 2 heterocycles. The molecule has 0 N–H and O–H groups in total. The minimum atomic E-state index is -3.59. The molecule has 2 aliphatic rings. The number of sulfonamides is 1. The van der Waals surface area contributed by atoms with E-state index in [0.717, 1.165) is 19.6 Å². The minimum absolute atomic E-state index is 0. The number of hydrogen-bond donors (Lipinski definition) is 0. The summed E-state index contributed by atoms with van der Waals surface area (Å²) in [6.07, 6.45) is 2.38. The summed E-state index contributed by atoms with van der Waals surface area (Å²) in [6, 6.07) is 4.54. The molecule has 0 aromatic heterocycles. The highest BCUT2D eigenvalue weighted by molar-refractivity contribution is 7.89. The number of nitrogens with zero attached hydrogens (tertiary/aromatic N) is 2. The van der Waals surface area contributed by atoms with E-state index in [1.165, 1.54) is 25.0 Å². The van der Waals surface area contributed by atoms with E-state index in [-0.39, 0.29) is 22.7 Å². The second-order valence-corrected chi connectivity index (χ2v) is 11.1. The Morgan fingerprint density at radius 2 is 1.56 bits per heavy atom. The Kier molecular flexibility index (Phi) is 7.54. The predicted molar refractivity (Wildman–Crippen MR) is 115 cm³/mol. The summed E-state index contributed by atoms with van der Waals surface area (Å²) in [5.41, 5.74) is 0.153. The van der Waals surface area contributed by atoms with Crippen molar-refractivity contribution in [1.82, 2.24) is 9.21 Å². The van der Waals surface area contributed by atoms with Crippen molar-refractivity contribution in [3.05, 3.63) is 28.2 Å². The van der Waals surface area contributed by atoms with Crippen LogP contribution in [0.2, 0.25) is 10.0 Å². The van der Waals surface area contributed by atoms with Crippen LogP contribution in [0.4, 0.5) is 0 Å². The van der Waals surface area contributed by atoms with E-state index in [9.17, 15) is 8.42 Å². The Morgan fingerprint density at radius 3 is 2.04 bits per heavy atom. The lowest BCUT2D eigenvalue weighted by Gasteiger charge is -2.55. The lowest BCUT2D eigenvalue weighted by molar-refractivity contribution is -0.0493. The van der Waals surface area contributed by atoms with Crippen LogP contribution in [-0.2, 0) is 10.0 Å². The molecular weight excluding hydrogens is 427 g/mol. The average molecular weight is 456 g/mol. The summed E-state index contributed by atoms with van der Waals surface area (Å²) in [5, 5.41) is 0.693. The third-order valence-electron chi connectivity index (χ3n) is 6.21. The smallest absolute Gasteiger partial charge is 0.243 e. The first kappa shape index (κ1) is 23.2. The lowest BCUT2D eigenvalue weighted by Crippen LogP contribution is -2.62. The van der Waals surface area contributed by atoms with Crippen LogP contribution in [0.15, 0.2) is 23.1 Å². The third-order valence-corrected chi connectivity index (χ3v) is 8.46. The van der Waals surface area contributed by atoms with Crippen LogP contribution in [0.5, 0.6) is 0 Å². The summed E-state index contributed by atoms with van der Waals surface area (Å²) in [5.74, 6) is 0.660. The van der Waals surface area contributed by atoms with Gasteiger partial charge in [0, 0.05) is 36.2 Å². The molecule has 4 nitrogen and oxygen atoms in total. The Balaban J connectivity index is 0.00000261. The molecule has 0 amide bonds. The molecule has 1 aromatic carbocycles. The zero-order valence-electron chi connectivity index (χ0n) is 16.1. The number of unbranched alkanes of at least 4 members (excludes halogenated alkanes) is 1. The molecule has 0 saturated carbocycles. The molecule has 2 bridgehead atoms. The molecule has 27 heavy (non-hydrogen) atoms. The second kappa shape index (κ2) is 8.76. The zero-order valence-corrected chi connectivity index (χ0v) is 19.3. The molecule has 2 saturated heterocycles. The van der Waals surface area contributed by atoms with Gasteiger partial charge in [0.2, 0.25) is 10.0 Å². The number of hydrogen-bond acceptors (Lipinski definition) is 3. The van der Waals surface area contributed by atoms with E-state index in [0.29, 0.717) is 35.0 Å². The minimum Gasteiger partial charge on any atom is -0.303 e. The van der Waals surface area contributed by atoms with Crippen molar-refractivity contribution < 1.29 is 8.42 Å². The maximum Gasteiger partial charge on any atom is 0.243 e. The number of fused-ring (bicyclic) bond motifs is 2. The molecule has 8 heteroatoms. The molecule has 1 aromatic rings. The highest BCUT2D eigenvalue weighted by Gasteiger charge is 2.49. The SMILES string of the molecule is CCCCN1CC2CN(S(=O)(=O)c3cc(Cl)cc(Cl)c3)CC(C1)C2(C)C.Cl. The largest absolute Gasteiger partial charge is 0.303 e. The quantitative estimate of drug-likeness (QED) is 0.640. The number of likely N-dealkylation sites (tertiary alicyclic amines) is 1. The van der Waals surface area contributed by atoms with Crippen LogP contribution in [0, 0.1) is 17.3 Å². The fourth-order valence-electron chi connectivity index (χ4n) is 4.24. The Morgan fingerprint density at radius 1 is 1.04 bits per heavy atom. The van der Waals surface area contributed by atoms with Crippen LogP contribution in [-0.4, -0.2) is 50.3 Å². The summed E-state index contributed by atoms with van der Waals surface area (Å²) < 4.78 is 28.0. The van der Waals surface area contributed by atoms with Crippen molar-refractivity contribution in [3.63, 3.8) is 0 Å². The molecule has 2 fully saturated rings. The van der Waals surface area contributed by atoms with Crippen molar-refractivity contribution in [3.8, 4) is 0 Å². The number of halogens is 3. The number of piperidine rings is 2. The van der Waals surface area contributed by atoms with Gasteiger partial charge in [0.15, 0.2) is 0 Å². The fraction of sp³-hybridized carbons (Fsp3) is 0.684. The maximum atomic E-state index is 13.2. The molecule has 0 aliphatic carbocycles. The molecular formula is C19H29Cl3N2O2S. The lowest BCUT2D eigenvalue weighted by atomic mass is 9.64. The van der Waals surface area contributed by atoms with Gasteiger partial charge in [0.25, 0.3) is 0 Å². The third kappa shape index (κ3) is 4.76. The van der Waals surface area contributed by atoms with E-state index in [4.69, 9.17) is 23.2 Å². The molecule has 2 atom stereocenters. The highest BCUT2D eigenvalue weighted by Crippen LogP contribution is 2.45. The van der Waals surface area contributed by atoms with Crippen LogP contribution in [0.3, 0.4) is 0 Å². The monoisotopic (exact) mass is 454 g/mol. The first-order valence-electron chi connectivity index (χ1n) is 9.33. The molecule has 0 spiro atoms. The first-order chi connectivity index (χ1) is 12.1. The highest BCUT2D eigenvalue weighted by atomic mass is 35.5. The predicted octanol–water partition coefficient (Wildman–Crippen LogP) is 4.79. The van der Waals surface area contributed by atoms with Crippen molar-refractivity contribution in [1.29, 1.82) is 0 Å². The van der Waals surface area contributed by atoms with Crippen molar-refractivity contribution in [2.24, 2.45) is 17.3 Å². The van der Waals surface area contributed by atoms with E-state index >= 15 is 0 Å². The van der Waals surface area contributed by atoms with Gasteiger partial charge in [0.1, 0.15) is 0 Å². The van der Waals surface area contributed by atoms with Gasteiger partial charge >= 0.3 is 0 Å². The Labute approximate surface area is 179 Å². The van der Waals surface area contributed by atoms with Gasteiger partial charge in [-0.15, -0.1) is 12.4 Å². The molecule has 0 radical (unpaired) electrons. The maximum absolute atomic E-state index is 13.2. The van der Waals surface area contributed by atoms with Gasteiger partial charge in [-0.1, -0.05) is 50.4 Å². The zero-order chi connectivity index (χ0) is 19.1. The van der Waals surface area contributed by atoms with Gasteiger partial charge in [0.05, 0.1) is 4.90 Å². The normalized spacial score (nSPS) is 25.8. The van der Waals surface area contributed by atoms with E-state index < -0.39 is 10.0 Å². The second-order valence-electron chi connectivity index (χ2n) is 8.26.